The normalized spacial score (nSPS) is 48.8. The van der Waals surface area contributed by atoms with Crippen LogP contribution in [0.2, 0.25) is 0 Å². The van der Waals surface area contributed by atoms with Gasteiger partial charge in [-0.15, -0.1) is 0 Å². The standard InChI is InChI=1S/C24H29F3O6/c1-11-7-13-14-8-15(25)19-20(26)16(29)5-6-21(19,3)23(14,27)17(30)9-22(13,4)24(11,32)18(31)10-33-12(2)28/h5-6,11,13-15,17,30,32H,7-10H2,1-4H3/t11-,13-,14-,15-,17-,21-,22-,23-,24-/m0/s1. The van der Waals surface area contributed by atoms with Gasteiger partial charge in [-0.2, -0.15) is 0 Å². The van der Waals surface area contributed by atoms with Crippen LogP contribution in [0.3, 0.4) is 0 Å². The third-order valence-corrected chi connectivity index (χ3v) is 9.12. The van der Waals surface area contributed by atoms with Crippen molar-refractivity contribution in [1.29, 1.82) is 0 Å². The number of ketones is 2. The highest BCUT2D eigenvalue weighted by Gasteiger charge is 2.77. The molecule has 9 atom stereocenters. The lowest BCUT2D eigenvalue weighted by molar-refractivity contribution is -0.224. The van der Waals surface area contributed by atoms with Gasteiger partial charge in [0.2, 0.25) is 11.6 Å². The van der Waals surface area contributed by atoms with Gasteiger partial charge in [0.05, 0.1) is 6.10 Å². The van der Waals surface area contributed by atoms with Crippen LogP contribution >= 0.6 is 0 Å². The molecule has 0 spiro atoms. The summed E-state index contributed by atoms with van der Waals surface area (Å²) >= 11 is 0. The maximum Gasteiger partial charge on any atom is 0.303 e. The topological polar surface area (TPSA) is 101 Å². The first-order valence-corrected chi connectivity index (χ1v) is 11.2. The zero-order valence-corrected chi connectivity index (χ0v) is 19.0. The minimum Gasteiger partial charge on any atom is -0.458 e. The van der Waals surface area contributed by atoms with Gasteiger partial charge < -0.3 is 14.9 Å². The Balaban J connectivity index is 1.81. The van der Waals surface area contributed by atoms with Gasteiger partial charge in [0.1, 0.15) is 11.8 Å². The Morgan fingerprint density at radius 3 is 2.48 bits per heavy atom. The minimum absolute atomic E-state index is 0.162. The third-order valence-electron chi connectivity index (χ3n) is 9.12. The highest BCUT2D eigenvalue weighted by molar-refractivity contribution is 6.04. The highest BCUT2D eigenvalue weighted by Crippen LogP contribution is 2.71. The van der Waals surface area contributed by atoms with E-state index >= 15 is 8.78 Å². The third kappa shape index (κ3) is 2.78. The van der Waals surface area contributed by atoms with Crippen LogP contribution in [-0.4, -0.2) is 57.9 Å². The number of halogens is 3. The fraction of sp³-hybridized carbons (Fsp3) is 0.708. The zero-order valence-electron chi connectivity index (χ0n) is 19.0. The lowest BCUT2D eigenvalue weighted by Crippen LogP contribution is -2.70. The van der Waals surface area contributed by atoms with Gasteiger partial charge in [0.15, 0.2) is 18.1 Å². The van der Waals surface area contributed by atoms with Crippen molar-refractivity contribution in [3.63, 3.8) is 0 Å². The number of carbonyl (C=O) groups excluding carboxylic acids is 3. The van der Waals surface area contributed by atoms with E-state index in [9.17, 15) is 29.0 Å². The van der Waals surface area contributed by atoms with Crippen molar-refractivity contribution in [3.05, 3.63) is 23.6 Å². The largest absolute Gasteiger partial charge is 0.458 e. The van der Waals surface area contributed by atoms with E-state index < -0.39 is 94.1 Å². The number of carbonyl (C=O) groups is 3. The number of hydrogen-bond acceptors (Lipinski definition) is 6. The fourth-order valence-electron chi connectivity index (χ4n) is 7.50. The van der Waals surface area contributed by atoms with E-state index in [0.717, 1.165) is 19.1 Å². The van der Waals surface area contributed by atoms with Crippen LogP contribution in [0.5, 0.6) is 0 Å². The van der Waals surface area contributed by atoms with Crippen LogP contribution < -0.4 is 0 Å². The van der Waals surface area contributed by atoms with Gasteiger partial charge in [-0.1, -0.05) is 19.9 Å². The van der Waals surface area contributed by atoms with E-state index in [1.54, 1.807) is 13.8 Å². The molecule has 182 valence electrons. The average molecular weight is 470 g/mol. The molecular weight excluding hydrogens is 441 g/mol. The number of alkyl halides is 2. The molecular formula is C24H29F3O6. The number of allylic oxidation sites excluding steroid dienone is 4. The quantitative estimate of drug-likeness (QED) is 0.616. The molecule has 6 nitrogen and oxygen atoms in total. The molecule has 4 aliphatic carbocycles. The first kappa shape index (κ1) is 24.1. The Labute approximate surface area is 189 Å². The molecule has 0 aromatic rings. The van der Waals surface area contributed by atoms with Crippen LogP contribution in [0.15, 0.2) is 23.6 Å². The molecule has 0 aliphatic heterocycles. The van der Waals surface area contributed by atoms with E-state index in [4.69, 9.17) is 4.74 Å². The molecule has 4 rings (SSSR count). The molecule has 0 bridgehead atoms. The number of rotatable bonds is 3. The summed E-state index contributed by atoms with van der Waals surface area (Å²) in [6.45, 7) is 4.91. The number of aliphatic hydroxyl groups excluding tert-OH is 1. The second-order valence-electron chi connectivity index (χ2n) is 10.6. The number of ether oxygens (including phenoxy) is 1. The van der Waals surface area contributed by atoms with Crippen molar-refractivity contribution in [2.75, 3.05) is 6.61 Å². The molecule has 0 aromatic heterocycles. The van der Waals surface area contributed by atoms with Crippen molar-refractivity contribution in [2.24, 2.45) is 28.6 Å². The maximum atomic E-state index is 17.0. The molecule has 3 fully saturated rings. The summed E-state index contributed by atoms with van der Waals surface area (Å²) in [5, 5.41) is 22.8. The molecule has 3 saturated carbocycles. The fourth-order valence-corrected chi connectivity index (χ4v) is 7.50. The van der Waals surface area contributed by atoms with Gasteiger partial charge >= 0.3 is 5.97 Å². The Hall–Kier alpha value is -2.00. The van der Waals surface area contributed by atoms with E-state index in [0.29, 0.717) is 0 Å². The first-order chi connectivity index (χ1) is 15.2. The lowest BCUT2D eigenvalue weighted by atomic mass is 9.44. The molecule has 0 amide bonds. The van der Waals surface area contributed by atoms with Gasteiger partial charge in [-0.3, -0.25) is 14.4 Å². The van der Waals surface area contributed by atoms with Gasteiger partial charge in [-0.05, 0) is 44.1 Å². The predicted octanol–water partition coefficient (Wildman–Crippen LogP) is 2.71. The summed E-state index contributed by atoms with van der Waals surface area (Å²) in [5.41, 5.74) is -8.40. The van der Waals surface area contributed by atoms with E-state index in [1.165, 1.54) is 6.92 Å². The second-order valence-corrected chi connectivity index (χ2v) is 10.6. The number of aliphatic hydroxyl groups is 2. The average Bonchev–Trinajstić information content (AvgIpc) is 2.93. The van der Waals surface area contributed by atoms with Gasteiger partial charge in [0, 0.05) is 29.2 Å². The molecule has 0 saturated heterocycles. The number of esters is 1. The molecule has 4 aliphatic rings. The Morgan fingerprint density at radius 2 is 1.88 bits per heavy atom. The molecule has 0 heterocycles. The van der Waals surface area contributed by atoms with Crippen molar-refractivity contribution in [1.82, 2.24) is 0 Å². The molecule has 0 aromatic carbocycles. The first-order valence-electron chi connectivity index (χ1n) is 11.2. The maximum absolute atomic E-state index is 17.0. The summed E-state index contributed by atoms with van der Waals surface area (Å²) in [7, 11) is 0. The predicted molar refractivity (Wildman–Crippen MR) is 110 cm³/mol. The lowest BCUT2D eigenvalue weighted by Gasteiger charge is -2.63. The van der Waals surface area contributed by atoms with Crippen molar-refractivity contribution >= 4 is 17.5 Å². The SMILES string of the molecule is CC(=O)OCC(=O)[C@@]1(O)[C@@H](C)C[C@H]2[C@@H]3C[C@H](F)C4=C(F)C(=O)C=C[C@]4(C)[C@@]3(F)[C@@H](O)C[C@@]21C. The summed E-state index contributed by atoms with van der Waals surface area (Å²) in [6.07, 6.45) is -2.42. The Kier molecular flexibility index (Phi) is 5.30. The smallest absolute Gasteiger partial charge is 0.303 e. The Bertz CT molecular complexity index is 993. The van der Waals surface area contributed by atoms with Gasteiger partial charge in [-0.25, -0.2) is 13.2 Å². The van der Waals surface area contributed by atoms with Crippen molar-refractivity contribution < 1.29 is 42.5 Å². The summed E-state index contributed by atoms with van der Waals surface area (Å²) in [4.78, 5) is 36.1. The molecule has 9 heteroatoms. The van der Waals surface area contributed by atoms with Gasteiger partial charge in [0.25, 0.3) is 0 Å². The molecule has 2 N–H and O–H groups in total. The van der Waals surface area contributed by atoms with Crippen LogP contribution in [0, 0.1) is 28.6 Å². The monoisotopic (exact) mass is 470 g/mol. The molecule has 0 radical (unpaired) electrons. The van der Waals surface area contributed by atoms with E-state index in [1.807, 2.05) is 0 Å². The second kappa shape index (κ2) is 7.25. The van der Waals surface area contributed by atoms with Crippen LogP contribution in [0.25, 0.3) is 0 Å². The van der Waals surface area contributed by atoms with Crippen molar-refractivity contribution in [3.8, 4) is 0 Å². The molecule has 33 heavy (non-hydrogen) atoms. The van der Waals surface area contributed by atoms with E-state index in [2.05, 4.69) is 0 Å². The highest BCUT2D eigenvalue weighted by atomic mass is 19.2. The molecule has 0 unspecified atom stereocenters. The summed E-state index contributed by atoms with van der Waals surface area (Å²) < 4.78 is 51.9. The van der Waals surface area contributed by atoms with Crippen LogP contribution in [0.1, 0.15) is 47.0 Å². The van der Waals surface area contributed by atoms with E-state index in [-0.39, 0.29) is 12.8 Å². The Morgan fingerprint density at radius 1 is 1.24 bits per heavy atom. The van der Waals surface area contributed by atoms with Crippen molar-refractivity contribution in [2.45, 2.75) is 70.5 Å². The summed E-state index contributed by atoms with van der Waals surface area (Å²) in [5.74, 6) is -6.41. The van der Waals surface area contributed by atoms with Crippen LogP contribution in [0.4, 0.5) is 13.2 Å². The minimum atomic E-state index is -2.52. The zero-order chi connectivity index (χ0) is 24.7. The number of Topliss-reactive ketones (excluding diaryl/α,β-unsaturated/α-hetero) is 1. The number of fused-ring (bicyclic) bond motifs is 5. The summed E-state index contributed by atoms with van der Waals surface area (Å²) in [6, 6.07) is 0. The number of hydrogen-bond donors (Lipinski definition) is 2. The van der Waals surface area contributed by atoms with Crippen LogP contribution in [-0.2, 0) is 19.1 Å².